The molecule has 33 heavy (non-hydrogen) atoms. The lowest BCUT2D eigenvalue weighted by atomic mass is 9.78. The molecule has 2 atom stereocenters. The van der Waals surface area contributed by atoms with Gasteiger partial charge in [-0.05, 0) is 48.6 Å². The molecule has 2 aromatic rings. The predicted octanol–water partition coefficient (Wildman–Crippen LogP) is 4.06. The Kier molecular flexibility index (Phi) is 6.43. The van der Waals surface area contributed by atoms with Gasteiger partial charge in [0, 0.05) is 48.2 Å². The maximum atomic E-state index is 12.9. The quantitative estimate of drug-likeness (QED) is 0.630. The summed E-state index contributed by atoms with van der Waals surface area (Å²) in [4.78, 5) is 40.9. The molecule has 1 saturated carbocycles. The van der Waals surface area contributed by atoms with E-state index in [2.05, 4.69) is 34.8 Å². The maximum Gasteiger partial charge on any atom is 0.251 e. The summed E-state index contributed by atoms with van der Waals surface area (Å²) in [6.45, 7) is 6.24. The van der Waals surface area contributed by atoms with Gasteiger partial charge in [-0.2, -0.15) is 0 Å². The van der Waals surface area contributed by atoms with Crippen molar-refractivity contribution < 1.29 is 14.4 Å². The largest absolute Gasteiger partial charge is 0.354 e. The molecule has 0 unspecified atom stereocenters. The van der Waals surface area contributed by atoms with Crippen LogP contribution in [0.15, 0.2) is 30.5 Å². The van der Waals surface area contributed by atoms with E-state index >= 15 is 0 Å². The van der Waals surface area contributed by atoms with Crippen molar-refractivity contribution in [3.05, 3.63) is 46.6 Å². The minimum absolute atomic E-state index is 0.0248. The summed E-state index contributed by atoms with van der Waals surface area (Å²) in [6, 6.07) is 7.48. The predicted molar refractivity (Wildman–Crippen MR) is 128 cm³/mol. The van der Waals surface area contributed by atoms with Gasteiger partial charge in [-0.15, -0.1) is 0 Å². The molecule has 2 heterocycles. The van der Waals surface area contributed by atoms with Gasteiger partial charge in [-0.1, -0.05) is 37.9 Å². The molecule has 1 aromatic heterocycles. The Morgan fingerprint density at radius 3 is 2.73 bits per heavy atom. The number of nitrogens with zero attached hydrogens (tertiary/aromatic N) is 1. The van der Waals surface area contributed by atoms with Gasteiger partial charge < -0.3 is 16.0 Å². The van der Waals surface area contributed by atoms with Crippen LogP contribution in [0.2, 0.25) is 5.02 Å². The van der Waals surface area contributed by atoms with E-state index in [9.17, 15) is 14.4 Å². The van der Waals surface area contributed by atoms with E-state index in [-0.39, 0.29) is 35.1 Å². The molecule has 0 radical (unpaired) electrons. The van der Waals surface area contributed by atoms with E-state index in [4.69, 9.17) is 11.6 Å². The van der Waals surface area contributed by atoms with Gasteiger partial charge in [0.1, 0.15) is 5.82 Å². The molecule has 3 N–H and O–H groups in total. The number of amides is 3. The summed E-state index contributed by atoms with van der Waals surface area (Å²) in [5, 5.41) is 9.24. The lowest BCUT2D eigenvalue weighted by Gasteiger charge is -2.33. The molecule has 8 heteroatoms. The van der Waals surface area contributed by atoms with Gasteiger partial charge in [0.25, 0.3) is 5.91 Å². The van der Waals surface area contributed by atoms with Crippen molar-refractivity contribution in [3.63, 3.8) is 0 Å². The van der Waals surface area contributed by atoms with Crippen LogP contribution < -0.4 is 16.0 Å². The van der Waals surface area contributed by atoms with Crippen LogP contribution in [0.1, 0.15) is 62.4 Å². The number of aromatic nitrogens is 1. The number of hydrogen-bond acceptors (Lipinski definition) is 4. The molecule has 3 amide bonds. The molecular formula is C25H29ClN4O3. The average Bonchev–Trinajstić information content (AvgIpc) is 2.77. The third kappa shape index (κ3) is 5.03. The third-order valence-electron chi connectivity index (χ3n) is 6.55. The molecular weight excluding hydrogens is 440 g/mol. The zero-order valence-corrected chi connectivity index (χ0v) is 19.9. The van der Waals surface area contributed by atoms with E-state index in [0.717, 1.165) is 36.0 Å². The van der Waals surface area contributed by atoms with Crippen molar-refractivity contribution in [2.24, 2.45) is 5.92 Å². The number of halogens is 1. The van der Waals surface area contributed by atoms with Crippen LogP contribution in [0.5, 0.6) is 0 Å². The van der Waals surface area contributed by atoms with Crippen molar-refractivity contribution in [2.75, 3.05) is 11.9 Å². The molecule has 0 saturated heterocycles. The summed E-state index contributed by atoms with van der Waals surface area (Å²) >= 11 is 6.47. The number of hydrogen-bond donors (Lipinski definition) is 3. The highest BCUT2D eigenvalue weighted by molar-refractivity contribution is 6.33. The molecule has 1 aliphatic heterocycles. The summed E-state index contributed by atoms with van der Waals surface area (Å²) in [7, 11) is 0. The maximum absolute atomic E-state index is 12.9. The number of anilines is 1. The van der Waals surface area contributed by atoms with Crippen molar-refractivity contribution in [1.29, 1.82) is 0 Å². The van der Waals surface area contributed by atoms with E-state index in [1.165, 1.54) is 13.1 Å². The van der Waals surface area contributed by atoms with Gasteiger partial charge in [-0.25, -0.2) is 4.98 Å². The van der Waals surface area contributed by atoms with E-state index < -0.39 is 0 Å². The molecule has 7 nitrogen and oxygen atoms in total. The Morgan fingerprint density at radius 1 is 1.18 bits per heavy atom. The highest BCUT2D eigenvalue weighted by Crippen LogP contribution is 2.36. The molecule has 2 aliphatic rings. The van der Waals surface area contributed by atoms with Crippen LogP contribution in [0.4, 0.5) is 5.82 Å². The summed E-state index contributed by atoms with van der Waals surface area (Å²) < 4.78 is 0. The van der Waals surface area contributed by atoms with Crippen molar-refractivity contribution >= 4 is 35.1 Å². The molecule has 0 spiro atoms. The minimum atomic E-state index is -0.207. The number of rotatable bonds is 4. The minimum Gasteiger partial charge on any atom is -0.354 e. The van der Waals surface area contributed by atoms with Crippen LogP contribution in [-0.4, -0.2) is 35.3 Å². The Morgan fingerprint density at radius 2 is 1.97 bits per heavy atom. The molecule has 1 aliphatic carbocycles. The van der Waals surface area contributed by atoms with Crippen molar-refractivity contribution in [2.45, 2.75) is 57.9 Å². The van der Waals surface area contributed by atoms with Gasteiger partial charge in [0.2, 0.25) is 11.8 Å². The number of carbonyl (C=O) groups is 3. The fourth-order valence-corrected chi connectivity index (χ4v) is 4.98. The Labute approximate surface area is 198 Å². The second kappa shape index (κ2) is 9.14. The van der Waals surface area contributed by atoms with Gasteiger partial charge in [-0.3, -0.25) is 14.4 Å². The molecule has 1 fully saturated rings. The second-order valence-electron chi connectivity index (χ2n) is 9.63. The molecule has 0 bridgehead atoms. The zero-order chi connectivity index (χ0) is 23.8. The number of carbonyl (C=O) groups excluding carboxylic acids is 3. The zero-order valence-electron chi connectivity index (χ0n) is 19.1. The average molecular weight is 469 g/mol. The van der Waals surface area contributed by atoms with E-state index in [1.54, 1.807) is 6.07 Å². The molecule has 1 aromatic carbocycles. The fourth-order valence-electron chi connectivity index (χ4n) is 4.76. The van der Waals surface area contributed by atoms with Gasteiger partial charge in [0.05, 0.1) is 5.02 Å². The summed E-state index contributed by atoms with van der Waals surface area (Å²) in [5.41, 5.74) is 3.03. The number of benzene rings is 1. The van der Waals surface area contributed by atoms with Crippen LogP contribution >= 0.6 is 11.6 Å². The lowest BCUT2D eigenvalue weighted by Crippen LogP contribution is -2.43. The first kappa shape index (κ1) is 23.2. The first-order chi connectivity index (χ1) is 15.6. The molecule has 4 rings (SSSR count). The highest BCUT2D eigenvalue weighted by atomic mass is 35.5. The van der Waals surface area contributed by atoms with Crippen molar-refractivity contribution in [1.82, 2.24) is 15.6 Å². The van der Waals surface area contributed by atoms with E-state index in [1.807, 2.05) is 18.2 Å². The van der Waals surface area contributed by atoms with Crippen LogP contribution in [0.25, 0.3) is 11.1 Å². The lowest BCUT2D eigenvalue weighted by molar-refractivity contribution is -0.123. The third-order valence-corrected chi connectivity index (χ3v) is 6.86. The first-order valence-electron chi connectivity index (χ1n) is 11.3. The smallest absolute Gasteiger partial charge is 0.251 e. The standard InChI is InChI=1S/C25H29ClN4O3/c1-14(31)29-17-6-4-5-16(9-17)23(32)30-22-11-19(21(26)12-27-22)15-7-8-18-20(10-15)25(2,3)13-28-24(18)33/h7-8,10-12,16-17H,4-6,9,13H2,1-3H3,(H,28,33)(H,29,31)(H,27,30,32)/t16-,17+/m0/s1. The Balaban J connectivity index is 1.56. The first-order valence-corrected chi connectivity index (χ1v) is 11.7. The SMILES string of the molecule is CC(=O)N[C@@H]1CCC[C@H](C(=O)Nc2cc(-c3ccc4c(c3)C(C)(C)CNC4=O)c(Cl)cn2)C1. The Bertz CT molecular complexity index is 1110. The van der Waals surface area contributed by atoms with E-state index in [0.29, 0.717) is 29.4 Å². The highest BCUT2D eigenvalue weighted by Gasteiger charge is 2.32. The monoisotopic (exact) mass is 468 g/mol. The van der Waals surface area contributed by atoms with Crippen LogP contribution in [-0.2, 0) is 15.0 Å². The topological polar surface area (TPSA) is 100 Å². The number of pyridine rings is 1. The van der Waals surface area contributed by atoms with Crippen LogP contribution in [0, 0.1) is 5.92 Å². The van der Waals surface area contributed by atoms with Crippen molar-refractivity contribution in [3.8, 4) is 11.1 Å². The summed E-state index contributed by atoms with van der Waals surface area (Å²) in [5.74, 6) is -0.00472. The van der Waals surface area contributed by atoms with Gasteiger partial charge in [0.15, 0.2) is 0 Å². The normalized spacial score (nSPS) is 21.5. The van der Waals surface area contributed by atoms with Gasteiger partial charge >= 0.3 is 0 Å². The number of nitrogens with one attached hydrogen (secondary N) is 3. The fraction of sp³-hybridized carbons (Fsp3) is 0.440. The number of fused-ring (bicyclic) bond motifs is 1. The second-order valence-corrected chi connectivity index (χ2v) is 10.0. The molecule has 174 valence electrons. The van der Waals surface area contributed by atoms with Crippen LogP contribution in [0.3, 0.4) is 0 Å². The Hall–Kier alpha value is -2.93. The summed E-state index contributed by atoms with van der Waals surface area (Å²) in [6.07, 6.45) is 4.71.